The molecule has 0 amide bonds. The number of nitrogens with one attached hydrogen (secondary N) is 1. The second-order valence-electron chi connectivity index (χ2n) is 5.97. The lowest BCUT2D eigenvalue weighted by molar-refractivity contribution is 0.292. The monoisotopic (exact) mass is 317 g/mol. The van der Waals surface area contributed by atoms with Crippen LogP contribution in [0.2, 0.25) is 0 Å². The zero-order chi connectivity index (χ0) is 15.1. The van der Waals surface area contributed by atoms with Gasteiger partial charge < -0.3 is 10.4 Å². The minimum absolute atomic E-state index is 0.168. The van der Waals surface area contributed by atoms with E-state index in [1.807, 2.05) is 0 Å². The molecule has 7 heteroatoms. The number of hydrogen-bond acceptors (Lipinski definition) is 6. The minimum Gasteiger partial charge on any atom is -0.396 e. The Labute approximate surface area is 132 Å². The standard InChI is InChI=1S/C15H19N5OS/c1-9-3-4-11-10(7-9)12-13-17-8-18-20(13)15(16-5-2-6-21)19-14(12)22-11/h8-9,21H,2-7H2,1H3,(H,16,19). The van der Waals surface area contributed by atoms with Crippen LogP contribution < -0.4 is 5.32 Å². The molecule has 0 bridgehead atoms. The van der Waals surface area contributed by atoms with Crippen LogP contribution in [0.3, 0.4) is 0 Å². The number of aryl methyl sites for hydroxylation is 1. The first-order valence-electron chi connectivity index (χ1n) is 7.76. The van der Waals surface area contributed by atoms with Gasteiger partial charge in [-0.2, -0.15) is 9.61 Å². The molecule has 3 aromatic rings. The number of aliphatic hydroxyl groups is 1. The second kappa shape index (κ2) is 5.48. The Balaban J connectivity index is 1.88. The number of fused-ring (bicyclic) bond motifs is 5. The quantitative estimate of drug-likeness (QED) is 0.722. The van der Waals surface area contributed by atoms with E-state index in [2.05, 4.69) is 22.3 Å². The Morgan fingerprint density at radius 3 is 3.27 bits per heavy atom. The van der Waals surface area contributed by atoms with Crippen LogP contribution in [0, 0.1) is 5.92 Å². The lowest BCUT2D eigenvalue weighted by atomic mass is 9.89. The Morgan fingerprint density at radius 2 is 2.41 bits per heavy atom. The third-order valence-corrected chi connectivity index (χ3v) is 5.47. The first-order chi connectivity index (χ1) is 10.8. The highest BCUT2D eigenvalue weighted by Gasteiger charge is 2.24. The van der Waals surface area contributed by atoms with Crippen LogP contribution in [-0.4, -0.2) is 37.8 Å². The molecule has 4 rings (SSSR count). The summed E-state index contributed by atoms with van der Waals surface area (Å²) in [5.74, 6) is 1.43. The molecule has 1 unspecified atom stereocenters. The predicted octanol–water partition coefficient (Wildman–Crippen LogP) is 2.26. The summed E-state index contributed by atoms with van der Waals surface area (Å²) in [5, 5.41) is 17.7. The molecule has 3 aromatic heterocycles. The lowest BCUT2D eigenvalue weighted by Crippen LogP contribution is -2.11. The highest BCUT2D eigenvalue weighted by atomic mass is 32.1. The van der Waals surface area contributed by atoms with Gasteiger partial charge >= 0.3 is 0 Å². The fourth-order valence-electron chi connectivity index (χ4n) is 3.16. The minimum atomic E-state index is 0.168. The van der Waals surface area contributed by atoms with Gasteiger partial charge in [-0.05, 0) is 37.2 Å². The maximum atomic E-state index is 8.93. The summed E-state index contributed by atoms with van der Waals surface area (Å²) in [6.07, 6.45) is 5.78. The highest BCUT2D eigenvalue weighted by molar-refractivity contribution is 7.19. The Kier molecular flexibility index (Phi) is 3.46. The summed E-state index contributed by atoms with van der Waals surface area (Å²) in [7, 11) is 0. The van der Waals surface area contributed by atoms with Crippen LogP contribution in [0.25, 0.3) is 15.9 Å². The molecule has 116 valence electrons. The number of thiophene rings is 1. The van der Waals surface area contributed by atoms with Crippen molar-refractivity contribution >= 4 is 33.1 Å². The van der Waals surface area contributed by atoms with Crippen LogP contribution in [0.4, 0.5) is 5.95 Å². The van der Waals surface area contributed by atoms with Crippen LogP contribution in [0.15, 0.2) is 6.33 Å². The summed E-state index contributed by atoms with van der Waals surface area (Å²) in [6.45, 7) is 3.15. The molecular formula is C15H19N5OS. The lowest BCUT2D eigenvalue weighted by Gasteiger charge is -2.17. The molecule has 0 saturated heterocycles. The molecular weight excluding hydrogens is 298 g/mol. The summed E-state index contributed by atoms with van der Waals surface area (Å²) < 4.78 is 1.78. The fourth-order valence-corrected chi connectivity index (χ4v) is 4.37. The molecule has 0 radical (unpaired) electrons. The summed E-state index contributed by atoms with van der Waals surface area (Å²) in [6, 6.07) is 0. The molecule has 0 saturated carbocycles. The van der Waals surface area contributed by atoms with E-state index >= 15 is 0 Å². The molecule has 6 nitrogen and oxygen atoms in total. The number of anilines is 1. The average Bonchev–Trinajstić information content (AvgIpc) is 3.10. The van der Waals surface area contributed by atoms with Gasteiger partial charge in [0.05, 0.1) is 5.39 Å². The van der Waals surface area contributed by atoms with E-state index in [-0.39, 0.29) is 6.61 Å². The van der Waals surface area contributed by atoms with Crippen molar-refractivity contribution in [1.82, 2.24) is 19.6 Å². The summed E-state index contributed by atoms with van der Waals surface area (Å²) >= 11 is 1.79. The highest BCUT2D eigenvalue weighted by Crippen LogP contribution is 2.39. The van der Waals surface area contributed by atoms with Gasteiger partial charge in [0.2, 0.25) is 5.95 Å². The molecule has 3 heterocycles. The van der Waals surface area contributed by atoms with E-state index < -0.39 is 0 Å². The summed E-state index contributed by atoms with van der Waals surface area (Å²) in [5.41, 5.74) is 2.31. The Hall–Kier alpha value is -1.73. The molecule has 0 fully saturated rings. The van der Waals surface area contributed by atoms with Crippen molar-refractivity contribution in [1.29, 1.82) is 0 Å². The zero-order valence-electron chi connectivity index (χ0n) is 12.5. The van der Waals surface area contributed by atoms with Gasteiger partial charge in [-0.3, -0.25) is 0 Å². The van der Waals surface area contributed by atoms with E-state index in [4.69, 9.17) is 10.1 Å². The van der Waals surface area contributed by atoms with Crippen molar-refractivity contribution in [3.05, 3.63) is 16.8 Å². The van der Waals surface area contributed by atoms with E-state index in [0.29, 0.717) is 18.9 Å². The van der Waals surface area contributed by atoms with E-state index in [1.165, 1.54) is 22.2 Å². The molecule has 22 heavy (non-hydrogen) atoms. The van der Waals surface area contributed by atoms with E-state index in [0.717, 1.165) is 29.2 Å². The number of rotatable bonds is 4. The Morgan fingerprint density at radius 1 is 1.50 bits per heavy atom. The average molecular weight is 317 g/mol. The third kappa shape index (κ3) is 2.16. The third-order valence-electron chi connectivity index (χ3n) is 4.29. The molecule has 2 N–H and O–H groups in total. The first kappa shape index (κ1) is 13.9. The first-order valence-corrected chi connectivity index (χ1v) is 8.58. The normalized spacial score (nSPS) is 18.0. The smallest absolute Gasteiger partial charge is 0.227 e. The van der Waals surface area contributed by atoms with Gasteiger partial charge in [0.25, 0.3) is 0 Å². The number of nitrogens with zero attached hydrogens (tertiary/aromatic N) is 4. The fraction of sp³-hybridized carbons (Fsp3) is 0.533. The van der Waals surface area contributed by atoms with Gasteiger partial charge in [0, 0.05) is 18.0 Å². The largest absolute Gasteiger partial charge is 0.396 e. The van der Waals surface area contributed by atoms with Gasteiger partial charge in [0.1, 0.15) is 11.2 Å². The van der Waals surface area contributed by atoms with Crippen molar-refractivity contribution in [3.63, 3.8) is 0 Å². The number of hydrogen-bond donors (Lipinski definition) is 2. The SMILES string of the molecule is CC1CCc2sc3nc(NCCCO)n4ncnc4c3c2C1. The zero-order valence-corrected chi connectivity index (χ0v) is 13.4. The van der Waals surface area contributed by atoms with Crippen molar-refractivity contribution in [2.75, 3.05) is 18.5 Å². The maximum absolute atomic E-state index is 8.93. The van der Waals surface area contributed by atoms with Gasteiger partial charge in [0.15, 0.2) is 5.65 Å². The van der Waals surface area contributed by atoms with Gasteiger partial charge in [-0.1, -0.05) is 6.92 Å². The second-order valence-corrected chi connectivity index (χ2v) is 7.05. The summed E-state index contributed by atoms with van der Waals surface area (Å²) in [4.78, 5) is 11.7. The van der Waals surface area contributed by atoms with E-state index in [9.17, 15) is 0 Å². The molecule has 1 atom stereocenters. The Bertz CT molecular complexity index is 824. The van der Waals surface area contributed by atoms with Crippen LogP contribution in [0.1, 0.15) is 30.2 Å². The van der Waals surface area contributed by atoms with Gasteiger partial charge in [-0.15, -0.1) is 11.3 Å². The number of aliphatic hydroxyl groups excluding tert-OH is 1. The molecule has 0 aromatic carbocycles. The molecule has 1 aliphatic carbocycles. The topological polar surface area (TPSA) is 75.3 Å². The predicted molar refractivity (Wildman–Crippen MR) is 87.5 cm³/mol. The molecule has 0 spiro atoms. The maximum Gasteiger partial charge on any atom is 0.227 e. The van der Waals surface area contributed by atoms with Crippen molar-refractivity contribution in [3.8, 4) is 0 Å². The number of aromatic nitrogens is 4. The van der Waals surface area contributed by atoms with Crippen molar-refractivity contribution in [2.24, 2.45) is 5.92 Å². The van der Waals surface area contributed by atoms with Crippen LogP contribution in [0.5, 0.6) is 0 Å². The van der Waals surface area contributed by atoms with Crippen molar-refractivity contribution in [2.45, 2.75) is 32.6 Å². The van der Waals surface area contributed by atoms with Crippen LogP contribution >= 0.6 is 11.3 Å². The molecule has 1 aliphatic rings. The van der Waals surface area contributed by atoms with Gasteiger partial charge in [-0.25, -0.2) is 9.97 Å². The van der Waals surface area contributed by atoms with Crippen molar-refractivity contribution < 1.29 is 5.11 Å². The molecule has 0 aliphatic heterocycles. The van der Waals surface area contributed by atoms with Crippen LogP contribution in [-0.2, 0) is 12.8 Å². The van der Waals surface area contributed by atoms with E-state index in [1.54, 1.807) is 22.2 Å².